The molecule has 0 aliphatic carbocycles. The van der Waals surface area contributed by atoms with E-state index in [4.69, 9.17) is 27.8 Å². The number of para-hydroxylation sites is 1. The first kappa shape index (κ1) is 10.6. The molecule has 0 unspecified atom stereocenters. The molecular weight excluding hydrogens is 224 g/mol. The fraction of sp³-hybridized carbons (Fsp3) is 0. The molecule has 0 aromatic heterocycles. The number of nitrogen functional groups attached to an aromatic ring is 2. The maximum atomic E-state index is 5.99. The minimum absolute atomic E-state index is 0.440. The maximum Gasteiger partial charge on any atom is 0.148 e. The minimum atomic E-state index is 0.440. The summed E-state index contributed by atoms with van der Waals surface area (Å²) in [6.07, 6.45) is 0. The van der Waals surface area contributed by atoms with Crippen molar-refractivity contribution in [3.63, 3.8) is 0 Å². The Morgan fingerprint density at radius 3 is 2.25 bits per heavy atom. The maximum absolute atomic E-state index is 5.99. The van der Waals surface area contributed by atoms with Crippen molar-refractivity contribution in [3.8, 4) is 11.5 Å². The zero-order chi connectivity index (χ0) is 11.5. The van der Waals surface area contributed by atoms with Crippen LogP contribution in [0.2, 0.25) is 5.02 Å². The molecular formula is C12H11ClN2O. The minimum Gasteiger partial charge on any atom is -0.456 e. The van der Waals surface area contributed by atoms with Gasteiger partial charge in [0.25, 0.3) is 0 Å². The molecule has 4 heteroatoms. The van der Waals surface area contributed by atoms with Crippen molar-refractivity contribution in [2.75, 3.05) is 11.5 Å². The van der Waals surface area contributed by atoms with Crippen LogP contribution >= 0.6 is 11.6 Å². The van der Waals surface area contributed by atoms with E-state index < -0.39 is 0 Å². The van der Waals surface area contributed by atoms with Gasteiger partial charge in [-0.1, -0.05) is 29.8 Å². The molecule has 0 saturated heterocycles. The monoisotopic (exact) mass is 234 g/mol. The Morgan fingerprint density at radius 2 is 1.56 bits per heavy atom. The SMILES string of the molecule is Nc1cc(Cl)c(Oc2ccccc2)cc1N. The van der Waals surface area contributed by atoms with Crippen molar-refractivity contribution in [2.45, 2.75) is 0 Å². The third-order valence-electron chi connectivity index (χ3n) is 2.11. The topological polar surface area (TPSA) is 61.3 Å². The van der Waals surface area contributed by atoms with Crippen molar-refractivity contribution in [1.29, 1.82) is 0 Å². The lowest BCUT2D eigenvalue weighted by Crippen LogP contribution is -1.95. The highest BCUT2D eigenvalue weighted by atomic mass is 35.5. The molecule has 0 bridgehead atoms. The van der Waals surface area contributed by atoms with Gasteiger partial charge in [-0.3, -0.25) is 0 Å². The van der Waals surface area contributed by atoms with Crippen LogP contribution < -0.4 is 16.2 Å². The molecule has 2 rings (SSSR count). The van der Waals surface area contributed by atoms with Crippen molar-refractivity contribution in [2.24, 2.45) is 0 Å². The Bertz CT molecular complexity index is 500. The first-order valence-electron chi connectivity index (χ1n) is 4.74. The third kappa shape index (κ3) is 2.20. The number of ether oxygens (including phenoxy) is 1. The Balaban J connectivity index is 2.32. The average Bonchev–Trinajstić information content (AvgIpc) is 2.27. The van der Waals surface area contributed by atoms with Gasteiger partial charge in [0, 0.05) is 6.07 Å². The second-order valence-electron chi connectivity index (χ2n) is 3.33. The molecule has 0 amide bonds. The number of halogens is 1. The van der Waals surface area contributed by atoms with Crippen LogP contribution in [0.5, 0.6) is 11.5 Å². The van der Waals surface area contributed by atoms with Gasteiger partial charge in [-0.05, 0) is 18.2 Å². The molecule has 0 heterocycles. The molecule has 0 aliphatic heterocycles. The highest BCUT2D eigenvalue weighted by Gasteiger charge is 2.06. The van der Waals surface area contributed by atoms with Crippen molar-refractivity contribution >= 4 is 23.0 Å². The molecule has 0 aliphatic rings. The summed E-state index contributed by atoms with van der Waals surface area (Å²) in [7, 11) is 0. The van der Waals surface area contributed by atoms with E-state index in [2.05, 4.69) is 0 Å². The summed E-state index contributed by atoms with van der Waals surface area (Å²) < 4.78 is 5.58. The predicted molar refractivity (Wildman–Crippen MR) is 66.8 cm³/mol. The molecule has 82 valence electrons. The molecule has 0 saturated carbocycles. The zero-order valence-corrected chi connectivity index (χ0v) is 9.24. The van der Waals surface area contributed by atoms with Gasteiger partial charge >= 0.3 is 0 Å². The standard InChI is InChI=1S/C12H11ClN2O/c13-9-6-10(14)11(15)7-12(9)16-8-4-2-1-3-5-8/h1-7H,14-15H2. The van der Waals surface area contributed by atoms with Gasteiger partial charge in [0.15, 0.2) is 0 Å². The highest BCUT2D eigenvalue weighted by Crippen LogP contribution is 2.34. The number of hydrogen-bond donors (Lipinski definition) is 2. The first-order valence-corrected chi connectivity index (χ1v) is 5.12. The fourth-order valence-corrected chi connectivity index (χ4v) is 1.49. The smallest absolute Gasteiger partial charge is 0.148 e. The predicted octanol–water partition coefficient (Wildman–Crippen LogP) is 3.30. The van der Waals surface area contributed by atoms with Crippen LogP contribution in [0.25, 0.3) is 0 Å². The zero-order valence-electron chi connectivity index (χ0n) is 8.48. The van der Waals surface area contributed by atoms with E-state index in [1.807, 2.05) is 30.3 Å². The van der Waals surface area contributed by atoms with Gasteiger partial charge < -0.3 is 16.2 Å². The van der Waals surface area contributed by atoms with Crippen molar-refractivity contribution in [1.82, 2.24) is 0 Å². The molecule has 0 fully saturated rings. The normalized spacial score (nSPS) is 10.1. The lowest BCUT2D eigenvalue weighted by molar-refractivity contribution is 0.483. The van der Waals surface area contributed by atoms with Crippen molar-refractivity contribution in [3.05, 3.63) is 47.5 Å². The van der Waals surface area contributed by atoms with Gasteiger partial charge in [-0.2, -0.15) is 0 Å². The second kappa shape index (κ2) is 4.33. The van der Waals surface area contributed by atoms with E-state index >= 15 is 0 Å². The molecule has 16 heavy (non-hydrogen) atoms. The molecule has 0 spiro atoms. The fourth-order valence-electron chi connectivity index (χ4n) is 1.28. The van der Waals surface area contributed by atoms with E-state index in [0.29, 0.717) is 27.9 Å². The highest BCUT2D eigenvalue weighted by molar-refractivity contribution is 6.32. The summed E-state index contributed by atoms with van der Waals surface area (Å²) in [5.74, 6) is 1.20. The van der Waals surface area contributed by atoms with Crippen LogP contribution in [0.4, 0.5) is 11.4 Å². The number of benzene rings is 2. The number of rotatable bonds is 2. The summed E-state index contributed by atoms with van der Waals surface area (Å²) in [4.78, 5) is 0. The van der Waals surface area contributed by atoms with E-state index in [-0.39, 0.29) is 0 Å². The summed E-state index contributed by atoms with van der Waals surface area (Å²) in [5.41, 5.74) is 12.2. The lowest BCUT2D eigenvalue weighted by Gasteiger charge is -2.09. The summed E-state index contributed by atoms with van der Waals surface area (Å²) in [6, 6.07) is 12.5. The Kier molecular flexibility index (Phi) is 2.88. The van der Waals surface area contributed by atoms with Crippen LogP contribution in [-0.4, -0.2) is 0 Å². The van der Waals surface area contributed by atoms with Gasteiger partial charge in [-0.15, -0.1) is 0 Å². The first-order chi connectivity index (χ1) is 7.66. The van der Waals surface area contributed by atoms with Gasteiger partial charge in [-0.25, -0.2) is 0 Å². The number of hydrogen-bond acceptors (Lipinski definition) is 3. The van der Waals surface area contributed by atoms with Gasteiger partial charge in [0.1, 0.15) is 11.5 Å². The van der Waals surface area contributed by atoms with Crippen LogP contribution in [0.1, 0.15) is 0 Å². The van der Waals surface area contributed by atoms with Crippen LogP contribution in [0.3, 0.4) is 0 Å². The van der Waals surface area contributed by atoms with E-state index in [1.165, 1.54) is 0 Å². The second-order valence-corrected chi connectivity index (χ2v) is 3.73. The molecule has 0 atom stereocenters. The van der Waals surface area contributed by atoms with Gasteiger partial charge in [0.2, 0.25) is 0 Å². The largest absolute Gasteiger partial charge is 0.456 e. The Morgan fingerprint density at radius 1 is 0.938 bits per heavy atom. The van der Waals surface area contributed by atoms with Crippen LogP contribution in [0, 0.1) is 0 Å². The third-order valence-corrected chi connectivity index (χ3v) is 2.40. The van der Waals surface area contributed by atoms with E-state index in [0.717, 1.165) is 0 Å². The number of anilines is 2. The Hall–Kier alpha value is -1.87. The number of nitrogens with two attached hydrogens (primary N) is 2. The molecule has 4 N–H and O–H groups in total. The molecule has 0 radical (unpaired) electrons. The quantitative estimate of drug-likeness (QED) is 0.784. The lowest BCUT2D eigenvalue weighted by atomic mass is 10.2. The molecule has 2 aromatic rings. The van der Waals surface area contributed by atoms with Crippen LogP contribution in [-0.2, 0) is 0 Å². The molecule has 2 aromatic carbocycles. The summed E-state index contributed by atoms with van der Waals surface area (Å²) in [5, 5.41) is 0.440. The van der Waals surface area contributed by atoms with Crippen molar-refractivity contribution < 1.29 is 4.74 Å². The Labute approximate surface area is 98.6 Å². The summed E-state index contributed by atoms with van der Waals surface area (Å²) in [6.45, 7) is 0. The van der Waals surface area contributed by atoms with Gasteiger partial charge in [0.05, 0.1) is 16.4 Å². The van der Waals surface area contributed by atoms with E-state index in [1.54, 1.807) is 12.1 Å². The molecule has 3 nitrogen and oxygen atoms in total. The van der Waals surface area contributed by atoms with Crippen LogP contribution in [0.15, 0.2) is 42.5 Å². The van der Waals surface area contributed by atoms with E-state index in [9.17, 15) is 0 Å². The average molecular weight is 235 g/mol. The summed E-state index contributed by atoms with van der Waals surface area (Å²) >= 11 is 5.99.